The lowest BCUT2D eigenvalue weighted by Gasteiger charge is -2.00. The van der Waals surface area contributed by atoms with Crippen molar-refractivity contribution in [3.63, 3.8) is 0 Å². The lowest BCUT2D eigenvalue weighted by Crippen LogP contribution is -2.06. The van der Waals surface area contributed by atoms with Crippen molar-refractivity contribution in [2.75, 3.05) is 0 Å². The molecule has 5 heteroatoms. The van der Waals surface area contributed by atoms with Crippen molar-refractivity contribution in [1.82, 2.24) is 9.97 Å². The maximum atomic E-state index is 12.0. The second-order valence-corrected chi connectivity index (χ2v) is 4.65. The Hall–Kier alpha value is -1.07. The molecule has 0 atom stereocenters. The predicted molar refractivity (Wildman–Crippen MR) is 67.3 cm³/mol. The second-order valence-electron chi connectivity index (χ2n) is 3.02. The first-order valence-electron chi connectivity index (χ1n) is 4.46. The number of pyridine rings is 2. The molecular weight excluding hydrogens is 336 g/mol. The van der Waals surface area contributed by atoms with Crippen LogP contribution in [0.1, 0.15) is 16.2 Å². The van der Waals surface area contributed by atoms with E-state index in [0.29, 0.717) is 20.6 Å². The van der Waals surface area contributed by atoms with Crippen LogP contribution >= 0.6 is 31.9 Å². The van der Waals surface area contributed by atoms with Crippen molar-refractivity contribution >= 4 is 37.6 Å². The monoisotopic (exact) mass is 340 g/mol. The van der Waals surface area contributed by atoms with Gasteiger partial charge in [-0.25, -0.2) is 9.97 Å². The number of rotatable bonds is 2. The summed E-state index contributed by atoms with van der Waals surface area (Å²) in [7, 11) is 0. The molecule has 0 aromatic carbocycles. The third-order valence-corrected chi connectivity index (χ3v) is 2.78. The van der Waals surface area contributed by atoms with E-state index in [4.69, 9.17) is 0 Å². The fourth-order valence-electron chi connectivity index (χ4n) is 1.20. The summed E-state index contributed by atoms with van der Waals surface area (Å²) in [5.74, 6) is -0.192. The van der Waals surface area contributed by atoms with E-state index in [1.54, 1.807) is 36.4 Å². The zero-order valence-electron chi connectivity index (χ0n) is 8.02. The van der Waals surface area contributed by atoms with E-state index >= 15 is 0 Å². The minimum atomic E-state index is -0.192. The molecule has 2 aromatic heterocycles. The van der Waals surface area contributed by atoms with Gasteiger partial charge in [0.05, 0.1) is 0 Å². The van der Waals surface area contributed by atoms with Gasteiger partial charge in [0.25, 0.3) is 0 Å². The quantitative estimate of drug-likeness (QED) is 0.622. The maximum Gasteiger partial charge on any atom is 0.229 e. The molecule has 0 N–H and O–H groups in total. The Morgan fingerprint density at radius 3 is 1.69 bits per heavy atom. The van der Waals surface area contributed by atoms with Crippen LogP contribution in [0.4, 0.5) is 0 Å². The number of nitrogens with zero attached hydrogens (tertiary/aromatic N) is 2. The normalized spacial score (nSPS) is 10.1. The molecule has 0 radical (unpaired) electrons. The Morgan fingerprint density at radius 1 is 0.875 bits per heavy atom. The van der Waals surface area contributed by atoms with Gasteiger partial charge in [0.2, 0.25) is 5.78 Å². The molecule has 3 nitrogen and oxygen atoms in total. The number of hydrogen-bond acceptors (Lipinski definition) is 3. The van der Waals surface area contributed by atoms with E-state index in [9.17, 15) is 4.79 Å². The molecule has 2 heterocycles. The van der Waals surface area contributed by atoms with Crippen LogP contribution in [0.25, 0.3) is 0 Å². The Labute approximate surface area is 109 Å². The van der Waals surface area contributed by atoms with E-state index in [1.165, 1.54) is 0 Å². The first-order chi connectivity index (χ1) is 7.66. The smallest absolute Gasteiger partial charge is 0.229 e. The third-order valence-electron chi connectivity index (χ3n) is 1.90. The summed E-state index contributed by atoms with van der Waals surface area (Å²) in [6, 6.07) is 10.4. The Morgan fingerprint density at radius 2 is 1.31 bits per heavy atom. The van der Waals surface area contributed by atoms with Gasteiger partial charge in [-0.15, -0.1) is 0 Å². The lowest BCUT2D eigenvalue weighted by atomic mass is 10.2. The highest BCUT2D eigenvalue weighted by atomic mass is 79.9. The van der Waals surface area contributed by atoms with Gasteiger partial charge in [-0.3, -0.25) is 4.79 Å². The van der Waals surface area contributed by atoms with Crippen LogP contribution in [0.5, 0.6) is 0 Å². The summed E-state index contributed by atoms with van der Waals surface area (Å²) < 4.78 is 1.27. The standard InChI is InChI=1S/C11H6Br2N2O/c12-9-5-1-3-7(14-9)11(16)8-4-2-6-10(13)15-8/h1-6H. The van der Waals surface area contributed by atoms with Crippen molar-refractivity contribution in [3.05, 3.63) is 57.0 Å². The zero-order chi connectivity index (χ0) is 11.5. The van der Waals surface area contributed by atoms with E-state index in [1.807, 2.05) is 0 Å². The fraction of sp³-hybridized carbons (Fsp3) is 0. The van der Waals surface area contributed by atoms with E-state index in [2.05, 4.69) is 41.8 Å². The summed E-state index contributed by atoms with van der Waals surface area (Å²) in [6.45, 7) is 0. The molecule has 2 aromatic rings. The molecule has 0 aliphatic carbocycles. The Balaban J connectivity index is 2.39. The maximum absolute atomic E-state index is 12.0. The van der Waals surface area contributed by atoms with Gasteiger partial charge >= 0.3 is 0 Å². The molecule has 0 aliphatic rings. The van der Waals surface area contributed by atoms with Crippen LogP contribution in [0.3, 0.4) is 0 Å². The molecule has 0 bridgehead atoms. The first-order valence-corrected chi connectivity index (χ1v) is 6.05. The highest BCUT2D eigenvalue weighted by Gasteiger charge is 2.12. The molecule has 0 amide bonds. The zero-order valence-corrected chi connectivity index (χ0v) is 11.2. The van der Waals surface area contributed by atoms with Gasteiger partial charge in [-0.2, -0.15) is 0 Å². The lowest BCUT2D eigenvalue weighted by molar-refractivity contribution is 0.102. The molecule has 16 heavy (non-hydrogen) atoms. The Kier molecular flexibility index (Phi) is 3.46. The van der Waals surface area contributed by atoms with Gasteiger partial charge in [0.15, 0.2) is 0 Å². The van der Waals surface area contributed by atoms with Crippen molar-refractivity contribution in [2.24, 2.45) is 0 Å². The van der Waals surface area contributed by atoms with Gasteiger partial charge in [0, 0.05) is 0 Å². The third kappa shape index (κ3) is 2.54. The van der Waals surface area contributed by atoms with Crippen LogP contribution in [-0.4, -0.2) is 15.8 Å². The van der Waals surface area contributed by atoms with Crippen LogP contribution in [0, 0.1) is 0 Å². The molecule has 2 rings (SSSR count). The molecule has 0 saturated heterocycles. The van der Waals surface area contributed by atoms with Gasteiger partial charge in [-0.05, 0) is 56.1 Å². The van der Waals surface area contributed by atoms with E-state index < -0.39 is 0 Å². The highest BCUT2D eigenvalue weighted by molar-refractivity contribution is 9.10. The van der Waals surface area contributed by atoms with Crippen molar-refractivity contribution in [1.29, 1.82) is 0 Å². The summed E-state index contributed by atoms with van der Waals surface area (Å²) in [5.41, 5.74) is 0.750. The largest absolute Gasteiger partial charge is 0.285 e. The van der Waals surface area contributed by atoms with Crippen molar-refractivity contribution in [3.8, 4) is 0 Å². The number of halogens is 2. The van der Waals surface area contributed by atoms with Crippen LogP contribution in [-0.2, 0) is 0 Å². The van der Waals surface area contributed by atoms with Crippen LogP contribution in [0.15, 0.2) is 45.6 Å². The number of carbonyl (C=O) groups is 1. The number of carbonyl (C=O) groups excluding carboxylic acids is 1. The second kappa shape index (κ2) is 4.84. The van der Waals surface area contributed by atoms with Crippen LogP contribution < -0.4 is 0 Å². The average molecular weight is 342 g/mol. The van der Waals surface area contributed by atoms with E-state index in [0.717, 1.165) is 0 Å². The minimum Gasteiger partial charge on any atom is -0.285 e. The van der Waals surface area contributed by atoms with Gasteiger partial charge < -0.3 is 0 Å². The molecule has 0 fully saturated rings. The molecule has 0 saturated carbocycles. The summed E-state index contributed by atoms with van der Waals surface area (Å²) in [5, 5.41) is 0. The minimum absolute atomic E-state index is 0.192. The number of hydrogen-bond donors (Lipinski definition) is 0. The Bertz CT molecular complexity index is 496. The van der Waals surface area contributed by atoms with Crippen molar-refractivity contribution < 1.29 is 4.79 Å². The molecule has 0 spiro atoms. The number of ketones is 1. The summed E-state index contributed by atoms with van der Waals surface area (Å²) in [6.07, 6.45) is 0. The topological polar surface area (TPSA) is 42.9 Å². The molecule has 0 aliphatic heterocycles. The van der Waals surface area contributed by atoms with Gasteiger partial charge in [-0.1, -0.05) is 12.1 Å². The fourth-order valence-corrected chi connectivity index (χ4v) is 1.89. The van der Waals surface area contributed by atoms with E-state index in [-0.39, 0.29) is 5.78 Å². The SMILES string of the molecule is O=C(c1cccc(Br)n1)c1cccc(Br)n1. The molecule has 0 unspecified atom stereocenters. The molecular formula is C11H6Br2N2O. The average Bonchev–Trinajstić information content (AvgIpc) is 2.28. The summed E-state index contributed by atoms with van der Waals surface area (Å²) in [4.78, 5) is 20.2. The summed E-state index contributed by atoms with van der Waals surface area (Å²) >= 11 is 6.45. The van der Waals surface area contributed by atoms with Gasteiger partial charge in [0.1, 0.15) is 20.6 Å². The van der Waals surface area contributed by atoms with Crippen molar-refractivity contribution in [2.45, 2.75) is 0 Å². The highest BCUT2D eigenvalue weighted by Crippen LogP contribution is 2.12. The van der Waals surface area contributed by atoms with Crippen LogP contribution in [0.2, 0.25) is 0 Å². The number of aromatic nitrogens is 2. The molecule has 80 valence electrons. The first kappa shape index (κ1) is 11.4. The predicted octanol–water partition coefficient (Wildman–Crippen LogP) is 3.23.